The fourth-order valence-corrected chi connectivity index (χ4v) is 1.63. The van der Waals surface area contributed by atoms with Crippen LogP contribution in [-0.2, 0) is 4.79 Å². The number of amides is 1. The minimum atomic E-state index is -4.41. The number of rotatable bonds is 5. The molecular weight excluding hydrogens is 275 g/mol. The molecule has 1 fully saturated rings. The number of alkyl halides is 3. The number of aromatic nitrogens is 1. The third kappa shape index (κ3) is 3.60. The van der Waals surface area contributed by atoms with Crippen LogP contribution in [0.3, 0.4) is 0 Å². The third-order valence-electron chi connectivity index (χ3n) is 3.10. The van der Waals surface area contributed by atoms with E-state index in [9.17, 15) is 18.0 Å². The summed E-state index contributed by atoms with van der Waals surface area (Å²) < 4.78 is 40.3. The van der Waals surface area contributed by atoms with Gasteiger partial charge in [0, 0.05) is 12.6 Å². The average molecular weight is 289 g/mol. The van der Waals surface area contributed by atoms with Gasteiger partial charge in [0.1, 0.15) is 0 Å². The predicted octanol–water partition coefficient (Wildman–Crippen LogP) is 1.70. The molecule has 1 aliphatic rings. The molecule has 1 aromatic heterocycles. The Balaban J connectivity index is 1.90. The van der Waals surface area contributed by atoms with E-state index < -0.39 is 18.2 Å². The molecule has 0 aliphatic heterocycles. The van der Waals surface area contributed by atoms with Crippen LogP contribution in [0, 0.1) is 5.41 Å². The number of anilines is 1. The van der Waals surface area contributed by atoms with Gasteiger partial charge in [0.25, 0.3) is 0 Å². The summed E-state index contributed by atoms with van der Waals surface area (Å²) in [6.45, 7) is -1.12. The van der Waals surface area contributed by atoms with Crippen molar-refractivity contribution < 1.29 is 22.7 Å². The van der Waals surface area contributed by atoms with Crippen molar-refractivity contribution in [2.45, 2.75) is 19.0 Å². The number of halogens is 3. The molecule has 0 bridgehead atoms. The summed E-state index contributed by atoms with van der Waals surface area (Å²) in [6, 6.07) is 2.70. The lowest BCUT2D eigenvalue weighted by Crippen LogP contribution is -2.30. The Morgan fingerprint density at radius 1 is 1.45 bits per heavy atom. The van der Waals surface area contributed by atoms with Crippen LogP contribution in [0.1, 0.15) is 12.8 Å². The van der Waals surface area contributed by atoms with Crippen LogP contribution in [0.25, 0.3) is 0 Å². The molecule has 2 rings (SSSR count). The van der Waals surface area contributed by atoms with Crippen molar-refractivity contribution in [2.75, 3.05) is 18.5 Å². The SMILES string of the molecule is NCC1(C(=O)Nc2ccc(OCC(F)(F)F)nc2)CC1. The van der Waals surface area contributed by atoms with Gasteiger partial charge in [-0.05, 0) is 18.9 Å². The number of hydrogen-bond donors (Lipinski definition) is 2. The number of nitrogens with zero attached hydrogens (tertiary/aromatic N) is 1. The lowest BCUT2D eigenvalue weighted by atomic mass is 10.1. The van der Waals surface area contributed by atoms with E-state index in [0.29, 0.717) is 5.69 Å². The minimum Gasteiger partial charge on any atom is -0.468 e. The van der Waals surface area contributed by atoms with Crippen molar-refractivity contribution in [1.82, 2.24) is 4.98 Å². The van der Waals surface area contributed by atoms with Gasteiger partial charge in [-0.1, -0.05) is 0 Å². The molecule has 0 spiro atoms. The standard InChI is InChI=1S/C12H14F3N3O2/c13-12(14,15)7-20-9-2-1-8(5-17-9)18-10(19)11(6-16)3-4-11/h1-2,5H,3-4,6-7,16H2,(H,18,19). The van der Waals surface area contributed by atoms with E-state index in [1.54, 1.807) is 0 Å². The zero-order valence-electron chi connectivity index (χ0n) is 10.5. The molecule has 1 saturated carbocycles. The Labute approximate surface area is 113 Å². The molecule has 5 nitrogen and oxygen atoms in total. The van der Waals surface area contributed by atoms with E-state index in [1.807, 2.05) is 0 Å². The highest BCUT2D eigenvalue weighted by atomic mass is 19.4. The first-order valence-corrected chi connectivity index (χ1v) is 6.02. The van der Waals surface area contributed by atoms with Crippen LogP contribution in [0.4, 0.5) is 18.9 Å². The normalized spacial score (nSPS) is 16.6. The molecule has 1 aromatic rings. The lowest BCUT2D eigenvalue weighted by molar-refractivity contribution is -0.154. The predicted molar refractivity (Wildman–Crippen MR) is 65.1 cm³/mol. The van der Waals surface area contributed by atoms with Crippen molar-refractivity contribution in [3.8, 4) is 5.88 Å². The highest BCUT2D eigenvalue weighted by molar-refractivity contribution is 5.97. The van der Waals surface area contributed by atoms with Gasteiger partial charge in [0.15, 0.2) is 6.61 Å². The van der Waals surface area contributed by atoms with Crippen LogP contribution >= 0.6 is 0 Å². The summed E-state index contributed by atoms with van der Waals surface area (Å²) in [6.07, 6.45) is -1.67. The van der Waals surface area contributed by atoms with Crippen LogP contribution in [0.5, 0.6) is 5.88 Å². The molecule has 1 heterocycles. The van der Waals surface area contributed by atoms with E-state index in [-0.39, 0.29) is 18.3 Å². The maximum Gasteiger partial charge on any atom is 0.422 e. The number of nitrogens with two attached hydrogens (primary N) is 1. The molecule has 0 unspecified atom stereocenters. The van der Waals surface area contributed by atoms with Crippen molar-refractivity contribution in [3.63, 3.8) is 0 Å². The summed E-state index contributed by atoms with van der Waals surface area (Å²) in [7, 11) is 0. The van der Waals surface area contributed by atoms with E-state index in [4.69, 9.17) is 5.73 Å². The Hall–Kier alpha value is -1.83. The Morgan fingerprint density at radius 2 is 2.15 bits per heavy atom. The van der Waals surface area contributed by atoms with Gasteiger partial charge in [-0.15, -0.1) is 0 Å². The minimum absolute atomic E-state index is 0.153. The maximum absolute atomic E-state index is 11.9. The van der Waals surface area contributed by atoms with E-state index in [0.717, 1.165) is 12.8 Å². The second-order valence-corrected chi connectivity index (χ2v) is 4.73. The molecule has 3 N–H and O–H groups in total. The molecule has 8 heteroatoms. The molecule has 0 radical (unpaired) electrons. The van der Waals surface area contributed by atoms with Gasteiger partial charge in [-0.25, -0.2) is 4.98 Å². The second kappa shape index (κ2) is 5.28. The fraction of sp³-hybridized carbons (Fsp3) is 0.500. The smallest absolute Gasteiger partial charge is 0.422 e. The number of ether oxygens (including phenoxy) is 1. The summed E-state index contributed by atoms with van der Waals surface area (Å²) in [5, 5.41) is 2.64. The molecular formula is C12H14F3N3O2. The number of pyridine rings is 1. The van der Waals surface area contributed by atoms with E-state index in [1.165, 1.54) is 18.3 Å². The zero-order chi connectivity index (χ0) is 14.8. The van der Waals surface area contributed by atoms with Gasteiger partial charge in [0.2, 0.25) is 11.8 Å². The first-order valence-electron chi connectivity index (χ1n) is 6.02. The van der Waals surface area contributed by atoms with Crippen LogP contribution < -0.4 is 15.8 Å². The number of carbonyl (C=O) groups is 1. The Bertz CT molecular complexity index is 484. The summed E-state index contributed by atoms with van der Waals surface area (Å²) in [5.41, 5.74) is 5.43. The van der Waals surface area contributed by atoms with Crippen molar-refractivity contribution >= 4 is 11.6 Å². The molecule has 0 aromatic carbocycles. The van der Waals surface area contributed by atoms with Crippen molar-refractivity contribution in [2.24, 2.45) is 11.1 Å². The molecule has 0 atom stereocenters. The Morgan fingerprint density at radius 3 is 2.60 bits per heavy atom. The second-order valence-electron chi connectivity index (χ2n) is 4.73. The van der Waals surface area contributed by atoms with Gasteiger partial charge >= 0.3 is 6.18 Å². The Kier molecular flexibility index (Phi) is 3.85. The van der Waals surface area contributed by atoms with Crippen LogP contribution in [0.2, 0.25) is 0 Å². The van der Waals surface area contributed by atoms with Crippen LogP contribution in [-0.4, -0.2) is 30.2 Å². The fourth-order valence-electron chi connectivity index (χ4n) is 1.63. The van der Waals surface area contributed by atoms with E-state index in [2.05, 4.69) is 15.0 Å². The summed E-state index contributed by atoms with van der Waals surface area (Å²) in [5.74, 6) is -0.342. The van der Waals surface area contributed by atoms with Gasteiger partial charge in [-0.3, -0.25) is 4.79 Å². The highest BCUT2D eigenvalue weighted by Gasteiger charge is 2.48. The van der Waals surface area contributed by atoms with Crippen LogP contribution in [0.15, 0.2) is 18.3 Å². The topological polar surface area (TPSA) is 77.2 Å². The van der Waals surface area contributed by atoms with Crippen molar-refractivity contribution in [1.29, 1.82) is 0 Å². The molecule has 0 saturated heterocycles. The quantitative estimate of drug-likeness (QED) is 0.865. The summed E-state index contributed by atoms with van der Waals surface area (Å²) in [4.78, 5) is 15.6. The first kappa shape index (κ1) is 14.6. The number of nitrogens with one attached hydrogen (secondary N) is 1. The molecule has 20 heavy (non-hydrogen) atoms. The van der Waals surface area contributed by atoms with Gasteiger partial charge in [-0.2, -0.15) is 13.2 Å². The molecule has 1 aliphatic carbocycles. The number of hydrogen-bond acceptors (Lipinski definition) is 4. The largest absolute Gasteiger partial charge is 0.468 e. The monoisotopic (exact) mass is 289 g/mol. The van der Waals surface area contributed by atoms with Gasteiger partial charge in [0.05, 0.1) is 17.3 Å². The average Bonchev–Trinajstić information content (AvgIpc) is 3.18. The maximum atomic E-state index is 11.9. The molecule has 1 amide bonds. The summed E-state index contributed by atoms with van der Waals surface area (Å²) >= 11 is 0. The van der Waals surface area contributed by atoms with Crippen molar-refractivity contribution in [3.05, 3.63) is 18.3 Å². The molecule has 110 valence electrons. The first-order chi connectivity index (χ1) is 9.35. The van der Waals surface area contributed by atoms with Gasteiger partial charge < -0.3 is 15.8 Å². The third-order valence-corrected chi connectivity index (χ3v) is 3.10. The number of carbonyl (C=O) groups excluding carboxylic acids is 1. The van der Waals surface area contributed by atoms with E-state index >= 15 is 0 Å². The lowest BCUT2D eigenvalue weighted by Gasteiger charge is -2.13. The highest BCUT2D eigenvalue weighted by Crippen LogP contribution is 2.45. The zero-order valence-corrected chi connectivity index (χ0v) is 10.5.